The maximum absolute atomic E-state index is 11.7. The Morgan fingerprint density at radius 2 is 2.25 bits per heavy atom. The molecular formula is C13H20O3. The zero-order valence-corrected chi connectivity index (χ0v) is 10.1. The van der Waals surface area contributed by atoms with Gasteiger partial charge in [0, 0.05) is 18.8 Å². The van der Waals surface area contributed by atoms with Crippen molar-refractivity contribution in [3.05, 3.63) is 12.2 Å². The summed E-state index contributed by atoms with van der Waals surface area (Å²) in [5.41, 5.74) is 0. The molecule has 3 nitrogen and oxygen atoms in total. The minimum atomic E-state index is -0.204. The Morgan fingerprint density at radius 3 is 2.88 bits per heavy atom. The molecule has 2 atom stereocenters. The number of rotatable bonds is 5. The van der Waals surface area contributed by atoms with Gasteiger partial charge in [0.25, 0.3) is 0 Å². The molecule has 1 unspecified atom stereocenters. The van der Waals surface area contributed by atoms with E-state index >= 15 is 0 Å². The molecule has 0 aromatic heterocycles. The monoisotopic (exact) mass is 224 g/mol. The molecule has 1 saturated carbocycles. The highest BCUT2D eigenvalue weighted by Gasteiger charge is 2.34. The van der Waals surface area contributed by atoms with Crippen molar-refractivity contribution in [3.8, 4) is 0 Å². The Bertz CT molecular complexity index is 281. The Balaban J connectivity index is 2.52. The largest absolute Gasteiger partial charge is 0.469 e. The highest BCUT2D eigenvalue weighted by Crippen LogP contribution is 2.34. The third-order valence-corrected chi connectivity index (χ3v) is 3.19. The van der Waals surface area contributed by atoms with Crippen molar-refractivity contribution >= 4 is 11.8 Å². The second kappa shape index (κ2) is 6.46. The van der Waals surface area contributed by atoms with Gasteiger partial charge < -0.3 is 4.74 Å². The van der Waals surface area contributed by atoms with Crippen LogP contribution >= 0.6 is 0 Å². The Hall–Kier alpha value is -1.12. The molecule has 3 heteroatoms. The maximum Gasteiger partial charge on any atom is 0.305 e. The van der Waals surface area contributed by atoms with E-state index in [0.29, 0.717) is 18.6 Å². The summed E-state index contributed by atoms with van der Waals surface area (Å²) in [6.45, 7) is 2.07. The van der Waals surface area contributed by atoms with Crippen molar-refractivity contribution in [1.29, 1.82) is 0 Å². The number of ether oxygens (including phenoxy) is 1. The van der Waals surface area contributed by atoms with E-state index in [0.717, 1.165) is 19.3 Å². The lowest BCUT2D eigenvalue weighted by molar-refractivity contribution is -0.142. The van der Waals surface area contributed by atoms with Crippen molar-refractivity contribution < 1.29 is 14.3 Å². The van der Waals surface area contributed by atoms with E-state index in [1.807, 2.05) is 0 Å². The van der Waals surface area contributed by atoms with Crippen molar-refractivity contribution in [2.45, 2.75) is 39.0 Å². The molecule has 90 valence electrons. The number of allylic oxidation sites excluding steroid dienone is 2. The van der Waals surface area contributed by atoms with Crippen LogP contribution in [-0.4, -0.2) is 18.9 Å². The number of carbonyl (C=O) groups is 2. The second-order valence-electron chi connectivity index (χ2n) is 4.27. The van der Waals surface area contributed by atoms with Crippen LogP contribution in [0.3, 0.4) is 0 Å². The van der Waals surface area contributed by atoms with Crippen molar-refractivity contribution in [1.82, 2.24) is 0 Å². The molecule has 1 aliphatic carbocycles. The summed E-state index contributed by atoms with van der Waals surface area (Å²) in [7, 11) is 1.39. The number of carbonyl (C=O) groups excluding carboxylic acids is 2. The summed E-state index contributed by atoms with van der Waals surface area (Å²) < 4.78 is 4.65. The van der Waals surface area contributed by atoms with Gasteiger partial charge in [-0.3, -0.25) is 9.59 Å². The fraction of sp³-hybridized carbons (Fsp3) is 0.692. The molecule has 0 aromatic carbocycles. The summed E-state index contributed by atoms with van der Waals surface area (Å²) in [6, 6.07) is 0. The number of Topliss-reactive ketones (excluding diaryl/α,β-unsaturated/α-hetero) is 1. The average molecular weight is 224 g/mol. The Kier molecular flexibility index (Phi) is 5.23. The zero-order valence-electron chi connectivity index (χ0n) is 10.1. The van der Waals surface area contributed by atoms with Crippen LogP contribution in [0.1, 0.15) is 39.0 Å². The molecule has 1 rings (SSSR count). The SMILES string of the molecule is CC/C=C\CC1C(=O)CC[C@@H]1CC(=O)OC. The summed E-state index contributed by atoms with van der Waals surface area (Å²) in [5.74, 6) is 0.308. The van der Waals surface area contributed by atoms with Gasteiger partial charge in [0.15, 0.2) is 0 Å². The minimum Gasteiger partial charge on any atom is -0.469 e. The minimum absolute atomic E-state index is 0.0295. The van der Waals surface area contributed by atoms with Crippen LogP contribution in [0.15, 0.2) is 12.2 Å². The molecule has 0 aromatic rings. The molecule has 0 spiro atoms. The molecule has 0 N–H and O–H groups in total. The van der Waals surface area contributed by atoms with Gasteiger partial charge in [-0.05, 0) is 25.2 Å². The lowest BCUT2D eigenvalue weighted by atomic mass is 9.89. The molecule has 0 amide bonds. The highest BCUT2D eigenvalue weighted by atomic mass is 16.5. The van der Waals surface area contributed by atoms with Crippen LogP contribution in [-0.2, 0) is 14.3 Å². The van der Waals surface area contributed by atoms with Crippen LogP contribution in [0.5, 0.6) is 0 Å². The molecule has 0 aliphatic heterocycles. The fourth-order valence-corrected chi connectivity index (χ4v) is 2.25. The van der Waals surface area contributed by atoms with Crippen LogP contribution in [0.4, 0.5) is 0 Å². The first-order valence-corrected chi connectivity index (χ1v) is 5.93. The van der Waals surface area contributed by atoms with Gasteiger partial charge >= 0.3 is 5.97 Å². The van der Waals surface area contributed by atoms with Crippen molar-refractivity contribution in [3.63, 3.8) is 0 Å². The van der Waals surface area contributed by atoms with Gasteiger partial charge in [0.05, 0.1) is 7.11 Å². The zero-order chi connectivity index (χ0) is 12.0. The van der Waals surface area contributed by atoms with Gasteiger partial charge in [-0.15, -0.1) is 0 Å². The highest BCUT2D eigenvalue weighted by molar-refractivity contribution is 5.84. The van der Waals surface area contributed by atoms with E-state index in [-0.39, 0.29) is 17.8 Å². The van der Waals surface area contributed by atoms with Crippen LogP contribution in [0.2, 0.25) is 0 Å². The number of methoxy groups -OCH3 is 1. The van der Waals surface area contributed by atoms with Gasteiger partial charge in [-0.25, -0.2) is 0 Å². The van der Waals surface area contributed by atoms with E-state index < -0.39 is 0 Å². The number of esters is 1. The van der Waals surface area contributed by atoms with E-state index in [2.05, 4.69) is 23.8 Å². The third-order valence-electron chi connectivity index (χ3n) is 3.19. The van der Waals surface area contributed by atoms with E-state index in [1.165, 1.54) is 7.11 Å². The number of hydrogen-bond donors (Lipinski definition) is 0. The molecule has 0 bridgehead atoms. The molecule has 16 heavy (non-hydrogen) atoms. The second-order valence-corrected chi connectivity index (χ2v) is 4.27. The first kappa shape index (κ1) is 12.9. The van der Waals surface area contributed by atoms with E-state index in [9.17, 15) is 9.59 Å². The quantitative estimate of drug-likeness (QED) is 0.532. The summed E-state index contributed by atoms with van der Waals surface area (Å²) in [4.78, 5) is 22.9. The molecule has 1 aliphatic rings. The average Bonchev–Trinajstić information content (AvgIpc) is 2.61. The predicted octanol–water partition coefficient (Wildman–Crippen LogP) is 2.50. The lowest BCUT2D eigenvalue weighted by Crippen LogP contribution is -2.18. The lowest BCUT2D eigenvalue weighted by Gasteiger charge is -2.15. The Morgan fingerprint density at radius 1 is 1.50 bits per heavy atom. The third kappa shape index (κ3) is 3.47. The fourth-order valence-electron chi connectivity index (χ4n) is 2.25. The summed E-state index contributed by atoms with van der Waals surface area (Å²) in [6.07, 6.45) is 7.72. The maximum atomic E-state index is 11.7. The predicted molar refractivity (Wildman–Crippen MR) is 61.9 cm³/mol. The van der Waals surface area contributed by atoms with Crippen LogP contribution in [0.25, 0.3) is 0 Å². The van der Waals surface area contributed by atoms with Crippen LogP contribution < -0.4 is 0 Å². The molecule has 0 heterocycles. The Labute approximate surface area is 96.9 Å². The molecule has 1 fully saturated rings. The normalized spacial score (nSPS) is 25.2. The summed E-state index contributed by atoms with van der Waals surface area (Å²) in [5, 5.41) is 0. The summed E-state index contributed by atoms with van der Waals surface area (Å²) >= 11 is 0. The van der Waals surface area contributed by atoms with Gasteiger partial charge in [0.1, 0.15) is 5.78 Å². The van der Waals surface area contributed by atoms with Crippen molar-refractivity contribution in [2.24, 2.45) is 11.8 Å². The van der Waals surface area contributed by atoms with Crippen LogP contribution in [0, 0.1) is 11.8 Å². The van der Waals surface area contributed by atoms with E-state index in [4.69, 9.17) is 0 Å². The van der Waals surface area contributed by atoms with Gasteiger partial charge in [-0.1, -0.05) is 19.1 Å². The topological polar surface area (TPSA) is 43.4 Å². The van der Waals surface area contributed by atoms with Gasteiger partial charge in [-0.2, -0.15) is 0 Å². The first-order valence-electron chi connectivity index (χ1n) is 5.93. The molecule has 0 radical (unpaired) electrons. The molecule has 0 saturated heterocycles. The smallest absolute Gasteiger partial charge is 0.305 e. The van der Waals surface area contributed by atoms with E-state index in [1.54, 1.807) is 0 Å². The number of hydrogen-bond acceptors (Lipinski definition) is 3. The standard InChI is InChI=1S/C13H20O3/c1-3-4-5-6-11-10(7-8-12(11)14)9-13(15)16-2/h4-5,10-11H,3,6-9H2,1-2H3/b5-4-/t10-,11?/m1/s1. The number of ketones is 1. The van der Waals surface area contributed by atoms with Gasteiger partial charge in [0.2, 0.25) is 0 Å². The van der Waals surface area contributed by atoms with Crippen molar-refractivity contribution in [2.75, 3.05) is 7.11 Å². The first-order chi connectivity index (χ1) is 7.69. The molecular weight excluding hydrogens is 204 g/mol.